The fourth-order valence-corrected chi connectivity index (χ4v) is 4.27. The predicted octanol–water partition coefficient (Wildman–Crippen LogP) is -1.52. The molecule has 1 rings (SSSR count). The lowest BCUT2D eigenvalue weighted by molar-refractivity contribution is -0.142. The number of amides is 5. The number of thiol groups is 1. The van der Waals surface area contributed by atoms with Crippen molar-refractivity contribution in [2.75, 3.05) is 24.3 Å². The Kier molecular flexibility index (Phi) is 12.8. The Morgan fingerprint density at radius 1 is 1.09 bits per heavy atom. The second-order valence-electron chi connectivity index (χ2n) is 7.86. The number of nitrogens with two attached hydrogens (primary N) is 1. The predicted molar refractivity (Wildman–Crippen MR) is 129 cm³/mol. The molecule has 192 valence electrons. The molecular formula is C20H33N5O7S2. The van der Waals surface area contributed by atoms with E-state index in [0.29, 0.717) is 25.1 Å². The quantitative estimate of drug-likeness (QED) is 0.149. The first-order valence-electron chi connectivity index (χ1n) is 10.8. The van der Waals surface area contributed by atoms with Crippen LogP contribution in [-0.4, -0.2) is 94.0 Å². The Labute approximate surface area is 207 Å². The first kappa shape index (κ1) is 29.6. The number of carbonyl (C=O) groups is 6. The summed E-state index contributed by atoms with van der Waals surface area (Å²) in [5.41, 5.74) is 5.25. The third kappa shape index (κ3) is 9.41. The summed E-state index contributed by atoms with van der Waals surface area (Å²) in [5.74, 6) is -3.52. The number of carboxylic acid groups (broad SMARTS) is 1. The zero-order valence-corrected chi connectivity index (χ0v) is 21.0. The van der Waals surface area contributed by atoms with Crippen LogP contribution in [0.15, 0.2) is 0 Å². The van der Waals surface area contributed by atoms with Crippen molar-refractivity contribution in [3.05, 3.63) is 0 Å². The molecule has 1 saturated heterocycles. The van der Waals surface area contributed by atoms with E-state index in [1.54, 1.807) is 0 Å². The highest BCUT2D eigenvalue weighted by molar-refractivity contribution is 7.98. The van der Waals surface area contributed by atoms with Crippen LogP contribution >= 0.6 is 24.4 Å². The average Bonchev–Trinajstić information content (AvgIpc) is 3.26. The number of primary amides is 1. The normalized spacial score (nSPS) is 17.9. The van der Waals surface area contributed by atoms with Crippen LogP contribution in [0.3, 0.4) is 0 Å². The molecule has 6 N–H and O–H groups in total. The zero-order valence-electron chi connectivity index (χ0n) is 19.2. The Morgan fingerprint density at radius 3 is 2.29 bits per heavy atom. The van der Waals surface area contributed by atoms with Gasteiger partial charge in [0.2, 0.25) is 29.5 Å². The van der Waals surface area contributed by atoms with Crippen molar-refractivity contribution in [2.24, 2.45) is 5.73 Å². The van der Waals surface area contributed by atoms with E-state index in [4.69, 9.17) is 10.8 Å². The molecule has 14 heteroatoms. The van der Waals surface area contributed by atoms with E-state index in [1.807, 2.05) is 6.26 Å². The number of nitrogens with zero attached hydrogens (tertiary/aromatic N) is 1. The smallest absolute Gasteiger partial charge is 0.303 e. The molecule has 5 amide bonds. The van der Waals surface area contributed by atoms with Crippen molar-refractivity contribution in [1.82, 2.24) is 20.9 Å². The Hall–Kier alpha value is -2.48. The van der Waals surface area contributed by atoms with Gasteiger partial charge in [0.15, 0.2) is 0 Å². The summed E-state index contributed by atoms with van der Waals surface area (Å²) in [4.78, 5) is 74.1. The van der Waals surface area contributed by atoms with Crippen molar-refractivity contribution in [3.63, 3.8) is 0 Å². The van der Waals surface area contributed by atoms with Crippen LogP contribution in [0.4, 0.5) is 0 Å². The van der Waals surface area contributed by atoms with E-state index in [2.05, 4.69) is 28.6 Å². The van der Waals surface area contributed by atoms with Gasteiger partial charge >= 0.3 is 5.97 Å². The Morgan fingerprint density at radius 2 is 1.76 bits per heavy atom. The molecule has 4 atom stereocenters. The van der Waals surface area contributed by atoms with Crippen molar-refractivity contribution in [3.8, 4) is 0 Å². The minimum atomic E-state index is -1.13. The van der Waals surface area contributed by atoms with E-state index >= 15 is 0 Å². The molecule has 0 aromatic carbocycles. The molecule has 1 aliphatic rings. The van der Waals surface area contributed by atoms with Crippen LogP contribution in [0, 0.1) is 0 Å². The molecular weight excluding hydrogens is 486 g/mol. The number of rotatable bonds is 14. The van der Waals surface area contributed by atoms with E-state index in [9.17, 15) is 28.8 Å². The number of hydrogen-bond acceptors (Lipinski definition) is 8. The van der Waals surface area contributed by atoms with Crippen LogP contribution in [0.5, 0.6) is 0 Å². The number of thioether (sulfide) groups is 1. The Bertz CT molecular complexity index is 782. The SMILES string of the molecule is CSCC[C@H](NC(=O)[C@H](CCC(=O)O)NC(C)=O)C(=O)N1CCCC1C(=O)N[C@H](CS)C(N)=O. The van der Waals surface area contributed by atoms with Gasteiger partial charge < -0.3 is 31.7 Å². The van der Waals surface area contributed by atoms with E-state index in [-0.39, 0.29) is 25.0 Å². The highest BCUT2D eigenvalue weighted by Gasteiger charge is 2.39. The second-order valence-corrected chi connectivity index (χ2v) is 9.21. The molecule has 1 aliphatic heterocycles. The lowest BCUT2D eigenvalue weighted by Crippen LogP contribution is -2.58. The van der Waals surface area contributed by atoms with Gasteiger partial charge in [0.05, 0.1) is 0 Å². The van der Waals surface area contributed by atoms with Crippen LogP contribution in [0.2, 0.25) is 0 Å². The lowest BCUT2D eigenvalue weighted by Gasteiger charge is -2.30. The largest absolute Gasteiger partial charge is 0.481 e. The van der Waals surface area contributed by atoms with Gasteiger partial charge in [-0.25, -0.2) is 0 Å². The summed E-state index contributed by atoms with van der Waals surface area (Å²) in [6.07, 6.45) is 2.56. The maximum Gasteiger partial charge on any atom is 0.303 e. The summed E-state index contributed by atoms with van der Waals surface area (Å²) in [6.45, 7) is 1.49. The van der Waals surface area contributed by atoms with E-state index in [0.717, 1.165) is 0 Å². The molecule has 0 aromatic heterocycles. The number of carbonyl (C=O) groups excluding carboxylic acids is 5. The lowest BCUT2D eigenvalue weighted by atomic mass is 10.1. The number of nitrogens with one attached hydrogen (secondary N) is 3. The van der Waals surface area contributed by atoms with Gasteiger partial charge in [-0.1, -0.05) is 0 Å². The highest BCUT2D eigenvalue weighted by atomic mass is 32.2. The van der Waals surface area contributed by atoms with Crippen molar-refractivity contribution < 1.29 is 33.9 Å². The molecule has 1 fully saturated rings. The van der Waals surface area contributed by atoms with Crippen molar-refractivity contribution in [1.29, 1.82) is 0 Å². The van der Waals surface area contributed by atoms with E-state index in [1.165, 1.54) is 23.6 Å². The third-order valence-corrected chi connectivity index (χ3v) is 6.26. The first-order valence-corrected chi connectivity index (χ1v) is 12.8. The van der Waals surface area contributed by atoms with Crippen LogP contribution in [0.1, 0.15) is 39.0 Å². The van der Waals surface area contributed by atoms with Gasteiger partial charge in [-0.2, -0.15) is 24.4 Å². The third-order valence-electron chi connectivity index (χ3n) is 5.25. The molecule has 0 spiro atoms. The Balaban J connectivity index is 3.00. The van der Waals surface area contributed by atoms with Crippen molar-refractivity contribution in [2.45, 2.75) is 63.2 Å². The monoisotopic (exact) mass is 519 g/mol. The maximum absolute atomic E-state index is 13.3. The van der Waals surface area contributed by atoms with E-state index < -0.39 is 59.7 Å². The van der Waals surface area contributed by atoms with Crippen LogP contribution in [-0.2, 0) is 28.8 Å². The first-order chi connectivity index (χ1) is 16.0. The van der Waals surface area contributed by atoms with Crippen LogP contribution in [0.25, 0.3) is 0 Å². The molecule has 12 nitrogen and oxygen atoms in total. The molecule has 1 unspecified atom stereocenters. The summed E-state index contributed by atoms with van der Waals surface area (Å²) in [6, 6.07) is -3.91. The number of hydrogen-bond donors (Lipinski definition) is 6. The molecule has 0 aliphatic carbocycles. The number of aliphatic carboxylic acids is 1. The summed E-state index contributed by atoms with van der Waals surface area (Å²) >= 11 is 5.47. The standard InChI is InChI=1S/C20H33N5O7S2/c1-11(26)22-12(5-6-16(27)28)18(30)23-13(7-9-34-2)20(32)25-8-3-4-15(25)19(31)24-14(10-33)17(21)29/h12-15,33H,3-10H2,1-2H3,(H2,21,29)(H,22,26)(H,23,30)(H,24,31)(H,27,28)/t12-,13-,14+,15?/m0/s1. The highest BCUT2D eigenvalue weighted by Crippen LogP contribution is 2.20. The van der Waals surface area contributed by atoms with Gasteiger partial charge in [-0.05, 0) is 37.7 Å². The average molecular weight is 520 g/mol. The van der Waals surface area contributed by atoms with Crippen LogP contribution < -0.4 is 21.7 Å². The summed E-state index contributed by atoms with van der Waals surface area (Å²) < 4.78 is 0. The summed E-state index contributed by atoms with van der Waals surface area (Å²) in [5, 5.41) is 16.5. The fourth-order valence-electron chi connectivity index (χ4n) is 3.53. The molecule has 0 saturated carbocycles. The van der Waals surface area contributed by atoms with Gasteiger partial charge in [0, 0.05) is 25.6 Å². The zero-order chi connectivity index (χ0) is 25.8. The maximum atomic E-state index is 13.3. The molecule has 34 heavy (non-hydrogen) atoms. The fraction of sp³-hybridized carbons (Fsp3) is 0.700. The van der Waals surface area contributed by atoms with Gasteiger partial charge in [-0.3, -0.25) is 28.8 Å². The molecule has 0 radical (unpaired) electrons. The topological polar surface area (TPSA) is 188 Å². The minimum Gasteiger partial charge on any atom is -0.481 e. The van der Waals surface area contributed by atoms with Gasteiger partial charge in [-0.15, -0.1) is 0 Å². The number of carboxylic acids is 1. The molecule has 0 aromatic rings. The van der Waals surface area contributed by atoms with Gasteiger partial charge in [0.1, 0.15) is 24.2 Å². The van der Waals surface area contributed by atoms with Gasteiger partial charge in [0.25, 0.3) is 0 Å². The summed E-state index contributed by atoms with van der Waals surface area (Å²) in [7, 11) is 0. The second kappa shape index (κ2) is 14.7. The minimum absolute atomic E-state index is 0.00895. The molecule has 0 bridgehead atoms. The van der Waals surface area contributed by atoms with Crippen molar-refractivity contribution >= 4 is 59.9 Å². The molecule has 1 heterocycles. The number of likely N-dealkylation sites (tertiary alicyclic amines) is 1.